The number of carbonyl (C=O) groups excluding carboxylic acids is 1. The van der Waals surface area contributed by atoms with E-state index in [1.165, 1.54) is 19.2 Å². The number of alkyl halides is 3. The minimum absolute atomic E-state index is 0.0736. The summed E-state index contributed by atoms with van der Waals surface area (Å²) in [5.74, 6) is -0.330. The van der Waals surface area contributed by atoms with Gasteiger partial charge in [0.2, 0.25) is 0 Å². The molecule has 0 spiro atoms. The molecule has 1 unspecified atom stereocenters. The van der Waals surface area contributed by atoms with Crippen LogP contribution >= 0.6 is 0 Å². The van der Waals surface area contributed by atoms with Crippen molar-refractivity contribution >= 4 is 23.0 Å². The number of anilines is 3. The van der Waals surface area contributed by atoms with Crippen LogP contribution in [0.15, 0.2) is 84.9 Å². The van der Waals surface area contributed by atoms with Crippen molar-refractivity contribution in [2.24, 2.45) is 0 Å². The molecule has 0 radical (unpaired) electrons. The Morgan fingerprint density at radius 1 is 0.925 bits per heavy atom. The van der Waals surface area contributed by atoms with Crippen molar-refractivity contribution in [3.05, 3.63) is 113 Å². The molecule has 6 nitrogen and oxygen atoms in total. The van der Waals surface area contributed by atoms with Crippen LogP contribution in [0.25, 0.3) is 0 Å². The van der Waals surface area contributed by atoms with Gasteiger partial charge in [0.1, 0.15) is 11.5 Å². The SMILES string of the molecule is CCN(C)c1ccc(C2(c3ccc(Nc4cccc(C(F)(F)F)c4)cc3OC)OC(=O)c3ccccc32)c(O)c1. The molecule has 1 heterocycles. The Balaban J connectivity index is 1.65. The molecule has 5 rings (SSSR count). The van der Waals surface area contributed by atoms with Crippen LogP contribution in [0.2, 0.25) is 0 Å². The Bertz CT molecular complexity index is 1590. The highest BCUT2D eigenvalue weighted by Gasteiger charge is 2.51. The number of hydrogen-bond acceptors (Lipinski definition) is 6. The summed E-state index contributed by atoms with van der Waals surface area (Å²) in [6.45, 7) is 2.71. The fraction of sp³-hybridized carbons (Fsp3) is 0.194. The van der Waals surface area contributed by atoms with Gasteiger partial charge >= 0.3 is 12.1 Å². The summed E-state index contributed by atoms with van der Waals surface area (Å²) in [7, 11) is 3.34. The normalized spacial score (nSPS) is 16.3. The number of cyclic esters (lactones) is 1. The maximum atomic E-state index is 13.2. The largest absolute Gasteiger partial charge is 0.507 e. The van der Waals surface area contributed by atoms with Gasteiger partial charge in [-0.05, 0) is 55.5 Å². The quantitative estimate of drug-likeness (QED) is 0.241. The lowest BCUT2D eigenvalue weighted by Gasteiger charge is -2.32. The molecule has 0 saturated heterocycles. The van der Waals surface area contributed by atoms with E-state index in [1.54, 1.807) is 54.6 Å². The van der Waals surface area contributed by atoms with E-state index < -0.39 is 23.3 Å². The molecular weight excluding hydrogens is 521 g/mol. The summed E-state index contributed by atoms with van der Waals surface area (Å²) in [4.78, 5) is 15.1. The number of ether oxygens (including phenoxy) is 2. The van der Waals surface area contributed by atoms with Gasteiger partial charge in [0, 0.05) is 59.5 Å². The first kappa shape index (κ1) is 26.9. The van der Waals surface area contributed by atoms with E-state index >= 15 is 0 Å². The minimum atomic E-state index is -4.48. The number of fused-ring (bicyclic) bond motifs is 1. The van der Waals surface area contributed by atoms with Crippen LogP contribution in [0.5, 0.6) is 11.5 Å². The standard InChI is InChI=1S/C31H27F3N2O4/c1-4-36(2)22-13-15-25(27(37)18-22)30(24-11-6-5-10-23(24)29(38)40-30)26-14-12-21(17-28(26)39-3)35-20-9-7-8-19(16-20)31(32,33)34/h5-18,35,37H,4H2,1-3H3. The number of benzene rings is 4. The second kappa shape index (κ2) is 10.1. The third-order valence-corrected chi connectivity index (χ3v) is 7.11. The second-order valence-electron chi connectivity index (χ2n) is 9.45. The number of methoxy groups -OCH3 is 1. The van der Waals surface area contributed by atoms with E-state index in [1.807, 2.05) is 24.9 Å². The summed E-state index contributed by atoms with van der Waals surface area (Å²) in [6, 6.07) is 21.9. The highest BCUT2D eigenvalue weighted by molar-refractivity contribution is 5.96. The van der Waals surface area contributed by atoms with Crippen molar-refractivity contribution in [2.75, 3.05) is 30.9 Å². The number of phenolic OH excluding ortho intramolecular Hbond substituents is 1. The van der Waals surface area contributed by atoms with Crippen LogP contribution in [-0.4, -0.2) is 31.8 Å². The molecule has 0 bridgehead atoms. The Morgan fingerprint density at radius 2 is 1.65 bits per heavy atom. The van der Waals surface area contributed by atoms with Crippen molar-refractivity contribution in [2.45, 2.75) is 18.7 Å². The number of carbonyl (C=O) groups is 1. The average molecular weight is 549 g/mol. The van der Waals surface area contributed by atoms with Gasteiger partial charge in [-0.2, -0.15) is 13.2 Å². The molecule has 1 aliphatic rings. The van der Waals surface area contributed by atoms with E-state index in [2.05, 4.69) is 5.32 Å². The first-order valence-corrected chi connectivity index (χ1v) is 12.6. The van der Waals surface area contributed by atoms with Gasteiger partial charge in [-0.25, -0.2) is 4.79 Å². The van der Waals surface area contributed by atoms with Crippen molar-refractivity contribution in [1.82, 2.24) is 0 Å². The molecule has 206 valence electrons. The van der Waals surface area contributed by atoms with Crippen LogP contribution in [0.4, 0.5) is 30.2 Å². The predicted octanol–water partition coefficient (Wildman–Crippen LogP) is 7.08. The van der Waals surface area contributed by atoms with Gasteiger partial charge in [-0.1, -0.05) is 24.3 Å². The van der Waals surface area contributed by atoms with Gasteiger partial charge in [0.25, 0.3) is 0 Å². The molecule has 1 atom stereocenters. The van der Waals surface area contributed by atoms with E-state index in [4.69, 9.17) is 9.47 Å². The van der Waals surface area contributed by atoms with Crippen LogP contribution < -0.4 is 15.0 Å². The molecule has 0 fully saturated rings. The van der Waals surface area contributed by atoms with Crippen molar-refractivity contribution in [3.8, 4) is 11.5 Å². The highest BCUT2D eigenvalue weighted by atomic mass is 19.4. The molecule has 1 aliphatic heterocycles. The number of esters is 1. The number of aromatic hydroxyl groups is 1. The van der Waals surface area contributed by atoms with E-state index in [0.717, 1.165) is 24.4 Å². The van der Waals surface area contributed by atoms with Crippen LogP contribution in [0.3, 0.4) is 0 Å². The molecule has 0 amide bonds. The first-order chi connectivity index (χ1) is 19.1. The molecule has 0 saturated carbocycles. The molecule has 9 heteroatoms. The molecule has 4 aromatic carbocycles. The van der Waals surface area contributed by atoms with Crippen LogP contribution in [0, 0.1) is 0 Å². The lowest BCUT2D eigenvalue weighted by atomic mass is 9.78. The van der Waals surface area contributed by atoms with Crippen LogP contribution in [0.1, 0.15) is 39.5 Å². The van der Waals surface area contributed by atoms with Gasteiger partial charge in [0.05, 0.1) is 18.2 Å². The first-order valence-electron chi connectivity index (χ1n) is 12.6. The summed E-state index contributed by atoms with van der Waals surface area (Å²) in [6.07, 6.45) is -4.48. The Kier molecular flexibility index (Phi) is 6.83. The van der Waals surface area contributed by atoms with Crippen molar-refractivity contribution in [1.29, 1.82) is 0 Å². The predicted molar refractivity (Wildman–Crippen MR) is 147 cm³/mol. The fourth-order valence-electron chi connectivity index (χ4n) is 5.00. The van der Waals surface area contributed by atoms with Crippen molar-refractivity contribution in [3.63, 3.8) is 0 Å². The zero-order valence-corrected chi connectivity index (χ0v) is 22.0. The molecule has 4 aromatic rings. The van der Waals surface area contributed by atoms with E-state index in [9.17, 15) is 23.1 Å². The second-order valence-corrected chi connectivity index (χ2v) is 9.45. The lowest BCUT2D eigenvalue weighted by Crippen LogP contribution is -2.30. The number of nitrogens with zero attached hydrogens (tertiary/aromatic N) is 1. The third-order valence-electron chi connectivity index (χ3n) is 7.11. The summed E-state index contributed by atoms with van der Waals surface area (Å²) in [5, 5.41) is 14.3. The smallest absolute Gasteiger partial charge is 0.416 e. The Morgan fingerprint density at radius 3 is 2.35 bits per heavy atom. The van der Waals surface area contributed by atoms with Crippen molar-refractivity contribution < 1.29 is 32.5 Å². The number of rotatable bonds is 7. The zero-order chi connectivity index (χ0) is 28.7. The summed E-state index contributed by atoms with van der Waals surface area (Å²) in [5.41, 5.74) is 0.828. The molecule has 40 heavy (non-hydrogen) atoms. The molecule has 0 aromatic heterocycles. The number of hydrogen-bond donors (Lipinski definition) is 2. The Hall–Kier alpha value is -4.66. The van der Waals surface area contributed by atoms with Gasteiger partial charge < -0.3 is 24.8 Å². The maximum Gasteiger partial charge on any atom is 0.416 e. The fourth-order valence-corrected chi connectivity index (χ4v) is 5.00. The topological polar surface area (TPSA) is 71.0 Å². The van der Waals surface area contributed by atoms with Gasteiger partial charge in [0.15, 0.2) is 5.60 Å². The average Bonchev–Trinajstić information content (AvgIpc) is 3.25. The molecule has 0 aliphatic carbocycles. The molecule has 2 N–H and O–H groups in total. The monoisotopic (exact) mass is 548 g/mol. The highest BCUT2D eigenvalue weighted by Crippen LogP contribution is 2.52. The summed E-state index contributed by atoms with van der Waals surface area (Å²) >= 11 is 0. The lowest BCUT2D eigenvalue weighted by molar-refractivity contribution is -0.137. The Labute approximate surface area is 229 Å². The minimum Gasteiger partial charge on any atom is -0.507 e. The number of nitrogens with one attached hydrogen (secondary N) is 1. The van der Waals surface area contributed by atoms with Crippen LogP contribution in [-0.2, 0) is 16.5 Å². The zero-order valence-electron chi connectivity index (χ0n) is 22.0. The number of phenols is 1. The van der Waals surface area contributed by atoms with Gasteiger partial charge in [-0.3, -0.25) is 0 Å². The third kappa shape index (κ3) is 4.57. The summed E-state index contributed by atoms with van der Waals surface area (Å²) < 4.78 is 51.5. The maximum absolute atomic E-state index is 13.2. The van der Waals surface area contributed by atoms with E-state index in [0.29, 0.717) is 33.7 Å². The van der Waals surface area contributed by atoms with E-state index in [-0.39, 0.29) is 11.4 Å². The molecular formula is C31H27F3N2O4. The number of halogens is 3. The van der Waals surface area contributed by atoms with Gasteiger partial charge in [-0.15, -0.1) is 0 Å².